The molecule has 0 aromatic carbocycles. The second-order valence-corrected chi connectivity index (χ2v) is 4.70. The molecule has 1 N–H and O–H groups in total. The number of nitrogens with zero attached hydrogens (tertiary/aromatic N) is 1. The van der Waals surface area contributed by atoms with Crippen LogP contribution in [0.25, 0.3) is 0 Å². The van der Waals surface area contributed by atoms with Crippen molar-refractivity contribution in [2.75, 3.05) is 20.2 Å². The number of esters is 1. The van der Waals surface area contributed by atoms with Crippen LogP contribution in [0, 0.1) is 5.92 Å². The van der Waals surface area contributed by atoms with Crippen LogP contribution in [0.4, 0.5) is 0 Å². The predicted molar refractivity (Wildman–Crippen MR) is 64.6 cm³/mol. The van der Waals surface area contributed by atoms with Crippen molar-refractivity contribution in [3.05, 3.63) is 0 Å². The maximum absolute atomic E-state index is 11.4. The number of carbonyl (C=O) groups is 3. The molecule has 0 saturated carbocycles. The molecule has 1 saturated heterocycles. The molecular formula is C12H20N2O4. The van der Waals surface area contributed by atoms with Gasteiger partial charge in [0.15, 0.2) is 0 Å². The van der Waals surface area contributed by atoms with Crippen LogP contribution >= 0.6 is 0 Å². The first-order valence-corrected chi connectivity index (χ1v) is 6.01. The van der Waals surface area contributed by atoms with Crippen molar-refractivity contribution in [1.82, 2.24) is 10.2 Å². The Hall–Kier alpha value is -1.59. The molecule has 1 heterocycles. The molecular weight excluding hydrogens is 236 g/mol. The summed E-state index contributed by atoms with van der Waals surface area (Å²) in [6, 6.07) is -0.0881. The van der Waals surface area contributed by atoms with Gasteiger partial charge in [-0.15, -0.1) is 0 Å². The van der Waals surface area contributed by atoms with Crippen LogP contribution in [0.3, 0.4) is 0 Å². The third-order valence-electron chi connectivity index (χ3n) is 3.07. The number of carbonyl (C=O) groups excluding carboxylic acids is 3. The van der Waals surface area contributed by atoms with Crippen molar-refractivity contribution < 1.29 is 19.1 Å². The minimum Gasteiger partial charge on any atom is -0.469 e. The Morgan fingerprint density at radius 1 is 1.28 bits per heavy atom. The zero-order valence-electron chi connectivity index (χ0n) is 11.1. The first kappa shape index (κ1) is 14.5. The van der Waals surface area contributed by atoms with E-state index in [1.54, 1.807) is 4.90 Å². The molecule has 1 aliphatic rings. The molecule has 2 atom stereocenters. The van der Waals surface area contributed by atoms with Crippen LogP contribution in [0.15, 0.2) is 0 Å². The van der Waals surface area contributed by atoms with Crippen molar-refractivity contribution in [2.24, 2.45) is 5.92 Å². The molecule has 0 spiro atoms. The summed E-state index contributed by atoms with van der Waals surface area (Å²) in [5.41, 5.74) is 0. The summed E-state index contributed by atoms with van der Waals surface area (Å²) in [5.74, 6) is -0.416. The molecule has 0 radical (unpaired) electrons. The molecule has 2 amide bonds. The molecule has 102 valence electrons. The fourth-order valence-electron chi connectivity index (χ4n) is 2.32. The SMILES string of the molecule is COC(=O)CC1CC(NC(C)=O)CN(C(C)=O)C1. The Labute approximate surface area is 107 Å². The Morgan fingerprint density at radius 3 is 2.44 bits per heavy atom. The minimum atomic E-state index is -0.285. The van der Waals surface area contributed by atoms with Crippen LogP contribution in [0.1, 0.15) is 26.7 Å². The molecule has 0 aromatic rings. The van der Waals surface area contributed by atoms with Gasteiger partial charge in [-0.1, -0.05) is 0 Å². The van der Waals surface area contributed by atoms with E-state index in [0.29, 0.717) is 19.5 Å². The number of methoxy groups -OCH3 is 1. The highest BCUT2D eigenvalue weighted by Crippen LogP contribution is 2.20. The molecule has 2 unspecified atom stereocenters. The van der Waals surface area contributed by atoms with Gasteiger partial charge >= 0.3 is 5.97 Å². The molecule has 0 aromatic heterocycles. The number of amides is 2. The van der Waals surface area contributed by atoms with Crippen molar-refractivity contribution in [2.45, 2.75) is 32.7 Å². The number of rotatable bonds is 3. The van der Waals surface area contributed by atoms with E-state index in [9.17, 15) is 14.4 Å². The Balaban J connectivity index is 2.64. The fourth-order valence-corrected chi connectivity index (χ4v) is 2.32. The first-order valence-electron chi connectivity index (χ1n) is 6.01. The highest BCUT2D eigenvalue weighted by Gasteiger charge is 2.30. The van der Waals surface area contributed by atoms with Gasteiger partial charge in [0.05, 0.1) is 13.5 Å². The molecule has 0 aliphatic carbocycles. The minimum absolute atomic E-state index is 0.0342. The van der Waals surface area contributed by atoms with Crippen LogP contribution in [0.2, 0.25) is 0 Å². The predicted octanol–water partition coefficient (Wildman–Crippen LogP) is -0.0774. The highest BCUT2D eigenvalue weighted by atomic mass is 16.5. The second kappa shape index (κ2) is 6.37. The summed E-state index contributed by atoms with van der Waals surface area (Å²) < 4.78 is 4.64. The van der Waals surface area contributed by atoms with E-state index in [1.165, 1.54) is 21.0 Å². The van der Waals surface area contributed by atoms with Gasteiger partial charge in [-0.3, -0.25) is 14.4 Å². The summed E-state index contributed by atoms with van der Waals surface area (Å²) >= 11 is 0. The van der Waals surface area contributed by atoms with Crippen molar-refractivity contribution in [1.29, 1.82) is 0 Å². The lowest BCUT2D eigenvalue weighted by Gasteiger charge is -2.37. The lowest BCUT2D eigenvalue weighted by Crippen LogP contribution is -2.52. The Bertz CT molecular complexity index is 343. The van der Waals surface area contributed by atoms with Gasteiger partial charge in [-0.2, -0.15) is 0 Å². The number of hydrogen-bond donors (Lipinski definition) is 1. The van der Waals surface area contributed by atoms with E-state index in [2.05, 4.69) is 10.1 Å². The van der Waals surface area contributed by atoms with E-state index in [1.807, 2.05) is 0 Å². The van der Waals surface area contributed by atoms with Gasteiger partial charge in [0, 0.05) is 33.0 Å². The highest BCUT2D eigenvalue weighted by molar-refractivity contribution is 5.75. The molecule has 1 rings (SSSR count). The summed E-state index contributed by atoms with van der Waals surface area (Å²) in [7, 11) is 1.35. The summed E-state index contributed by atoms with van der Waals surface area (Å²) in [4.78, 5) is 35.4. The van der Waals surface area contributed by atoms with E-state index >= 15 is 0 Å². The largest absolute Gasteiger partial charge is 0.469 e. The molecule has 6 heteroatoms. The third kappa shape index (κ3) is 4.35. The number of piperidine rings is 1. The Kier molecular flexibility index (Phi) is 5.12. The fraction of sp³-hybridized carbons (Fsp3) is 0.750. The standard InChI is InChI=1S/C12H20N2O4/c1-8(15)13-11-4-10(5-12(17)18-3)6-14(7-11)9(2)16/h10-11H,4-7H2,1-3H3,(H,13,15). The zero-order valence-corrected chi connectivity index (χ0v) is 11.1. The van der Waals surface area contributed by atoms with Crippen LogP contribution < -0.4 is 5.32 Å². The van der Waals surface area contributed by atoms with Crippen molar-refractivity contribution in [3.63, 3.8) is 0 Å². The number of ether oxygens (including phenoxy) is 1. The summed E-state index contributed by atoms with van der Waals surface area (Å²) in [6.45, 7) is 3.99. The van der Waals surface area contributed by atoms with Crippen LogP contribution in [-0.2, 0) is 19.1 Å². The molecule has 0 bridgehead atoms. The van der Waals surface area contributed by atoms with Gasteiger partial charge in [0.1, 0.15) is 0 Å². The van der Waals surface area contributed by atoms with E-state index in [4.69, 9.17) is 0 Å². The van der Waals surface area contributed by atoms with Crippen LogP contribution in [-0.4, -0.2) is 48.9 Å². The van der Waals surface area contributed by atoms with Gasteiger partial charge < -0.3 is 15.0 Å². The van der Waals surface area contributed by atoms with Gasteiger partial charge in [0.2, 0.25) is 11.8 Å². The molecule has 18 heavy (non-hydrogen) atoms. The van der Waals surface area contributed by atoms with Gasteiger partial charge in [0.25, 0.3) is 0 Å². The summed E-state index contributed by atoms with van der Waals surface area (Å²) in [6.07, 6.45) is 0.967. The quantitative estimate of drug-likeness (QED) is 0.717. The lowest BCUT2D eigenvalue weighted by molar-refractivity contribution is -0.143. The lowest BCUT2D eigenvalue weighted by atomic mass is 9.91. The maximum Gasteiger partial charge on any atom is 0.305 e. The average Bonchev–Trinajstić information content (AvgIpc) is 2.27. The number of hydrogen-bond acceptors (Lipinski definition) is 4. The topological polar surface area (TPSA) is 75.7 Å². The van der Waals surface area contributed by atoms with Gasteiger partial charge in [-0.05, 0) is 12.3 Å². The Morgan fingerprint density at radius 2 is 1.94 bits per heavy atom. The van der Waals surface area contributed by atoms with Gasteiger partial charge in [-0.25, -0.2) is 0 Å². The second-order valence-electron chi connectivity index (χ2n) is 4.70. The third-order valence-corrected chi connectivity index (χ3v) is 3.07. The maximum atomic E-state index is 11.4. The number of nitrogens with one attached hydrogen (secondary N) is 1. The average molecular weight is 256 g/mol. The monoisotopic (exact) mass is 256 g/mol. The van der Waals surface area contributed by atoms with Crippen molar-refractivity contribution >= 4 is 17.8 Å². The first-order chi connectivity index (χ1) is 8.42. The molecule has 1 aliphatic heterocycles. The molecule has 6 nitrogen and oxygen atoms in total. The molecule has 1 fully saturated rings. The van der Waals surface area contributed by atoms with Crippen molar-refractivity contribution in [3.8, 4) is 0 Å². The van der Waals surface area contributed by atoms with Crippen LogP contribution in [0.5, 0.6) is 0 Å². The zero-order chi connectivity index (χ0) is 13.7. The summed E-state index contributed by atoms with van der Waals surface area (Å²) in [5, 5.41) is 2.80. The smallest absolute Gasteiger partial charge is 0.305 e. The number of likely N-dealkylation sites (tertiary alicyclic amines) is 1. The van der Waals surface area contributed by atoms with E-state index < -0.39 is 0 Å². The normalized spacial score (nSPS) is 23.4. The van der Waals surface area contributed by atoms with E-state index in [-0.39, 0.29) is 36.2 Å². The van der Waals surface area contributed by atoms with E-state index in [0.717, 1.165) is 0 Å².